The highest BCUT2D eigenvalue weighted by atomic mass is 16.5. The van der Waals surface area contributed by atoms with Crippen molar-refractivity contribution in [1.29, 1.82) is 0 Å². The number of hydrogen-bond donors (Lipinski definition) is 2. The monoisotopic (exact) mass is 456 g/mol. The summed E-state index contributed by atoms with van der Waals surface area (Å²) in [4.78, 5) is 20.8. The summed E-state index contributed by atoms with van der Waals surface area (Å²) in [6.07, 6.45) is 5.05. The molecule has 0 saturated heterocycles. The number of carboxylic acids is 1. The average molecular weight is 457 g/mol. The van der Waals surface area contributed by atoms with Crippen molar-refractivity contribution in [2.75, 3.05) is 11.9 Å². The summed E-state index contributed by atoms with van der Waals surface area (Å²) in [6, 6.07) is 18.4. The lowest BCUT2D eigenvalue weighted by atomic mass is 9.91. The van der Waals surface area contributed by atoms with Crippen molar-refractivity contribution in [3.63, 3.8) is 0 Å². The van der Waals surface area contributed by atoms with E-state index < -0.39 is 5.97 Å². The van der Waals surface area contributed by atoms with Gasteiger partial charge in [0.05, 0.1) is 6.42 Å². The fourth-order valence-electron chi connectivity index (χ4n) is 4.60. The Balaban J connectivity index is 1.22. The van der Waals surface area contributed by atoms with Gasteiger partial charge < -0.3 is 14.9 Å². The van der Waals surface area contributed by atoms with Gasteiger partial charge in [0.25, 0.3) is 0 Å². The van der Waals surface area contributed by atoms with E-state index in [1.165, 1.54) is 5.56 Å². The zero-order valence-corrected chi connectivity index (χ0v) is 19.0. The Kier molecular flexibility index (Phi) is 6.51. The van der Waals surface area contributed by atoms with Crippen molar-refractivity contribution >= 4 is 22.6 Å². The van der Waals surface area contributed by atoms with Crippen LogP contribution < -0.4 is 5.32 Å². The van der Waals surface area contributed by atoms with E-state index in [1.54, 1.807) is 0 Å². The lowest BCUT2D eigenvalue weighted by molar-refractivity contribution is -0.137. The number of hydrogen-bond acceptors (Lipinski definition) is 6. The molecule has 174 valence electrons. The fraction of sp³-hybridized carbons (Fsp3) is 0.333. The summed E-state index contributed by atoms with van der Waals surface area (Å²) in [7, 11) is 0. The maximum Gasteiger partial charge on any atom is 0.303 e. The van der Waals surface area contributed by atoms with Gasteiger partial charge in [0, 0.05) is 31.0 Å². The number of pyridine rings is 1. The lowest BCUT2D eigenvalue weighted by Gasteiger charge is -2.17. The molecule has 4 aromatic rings. The van der Waals surface area contributed by atoms with E-state index in [-0.39, 0.29) is 12.3 Å². The molecule has 0 aliphatic carbocycles. The zero-order chi connectivity index (χ0) is 23.3. The normalized spacial score (nSPS) is 13.9. The Morgan fingerprint density at radius 2 is 1.94 bits per heavy atom. The predicted molar refractivity (Wildman–Crippen MR) is 130 cm³/mol. The van der Waals surface area contributed by atoms with Crippen LogP contribution in [-0.2, 0) is 30.5 Å². The van der Waals surface area contributed by atoms with Gasteiger partial charge >= 0.3 is 5.97 Å². The van der Waals surface area contributed by atoms with E-state index in [0.717, 1.165) is 60.1 Å². The third-order valence-electron chi connectivity index (χ3n) is 6.38. The number of anilines is 1. The van der Waals surface area contributed by atoms with Gasteiger partial charge in [0.1, 0.15) is 5.82 Å². The molecule has 2 aromatic carbocycles. The molecule has 0 radical (unpaired) electrons. The van der Waals surface area contributed by atoms with Gasteiger partial charge in [-0.05, 0) is 53.6 Å². The SMILES string of the molecule is O=C(O)CC(Cc1nc(CCCc2ccc3c(n2)NCCC3)no1)c1ccc2ccccc2c1. The minimum Gasteiger partial charge on any atom is -0.481 e. The van der Waals surface area contributed by atoms with Crippen molar-refractivity contribution in [3.05, 3.63) is 83.1 Å². The highest BCUT2D eigenvalue weighted by molar-refractivity contribution is 5.83. The topological polar surface area (TPSA) is 101 Å². The van der Waals surface area contributed by atoms with Gasteiger partial charge in [0.2, 0.25) is 5.89 Å². The van der Waals surface area contributed by atoms with Crippen LogP contribution in [0.25, 0.3) is 10.8 Å². The molecular formula is C27H28N4O3. The van der Waals surface area contributed by atoms with Crippen molar-refractivity contribution in [2.24, 2.45) is 0 Å². The lowest BCUT2D eigenvalue weighted by Crippen LogP contribution is -2.14. The molecule has 0 bridgehead atoms. The van der Waals surface area contributed by atoms with Gasteiger partial charge in [-0.15, -0.1) is 0 Å². The Hall–Kier alpha value is -3.74. The molecule has 2 aromatic heterocycles. The van der Waals surface area contributed by atoms with E-state index in [4.69, 9.17) is 9.51 Å². The summed E-state index contributed by atoms with van der Waals surface area (Å²) >= 11 is 0. The Morgan fingerprint density at radius 1 is 1.06 bits per heavy atom. The van der Waals surface area contributed by atoms with Crippen LogP contribution in [0.3, 0.4) is 0 Å². The minimum atomic E-state index is -0.843. The van der Waals surface area contributed by atoms with Gasteiger partial charge in [-0.2, -0.15) is 4.98 Å². The first kappa shape index (κ1) is 22.1. The molecule has 1 unspecified atom stereocenters. The van der Waals surface area contributed by atoms with Gasteiger partial charge in [0.15, 0.2) is 5.82 Å². The fourth-order valence-corrected chi connectivity index (χ4v) is 4.60. The molecule has 0 fully saturated rings. The smallest absolute Gasteiger partial charge is 0.303 e. The molecule has 1 aliphatic heterocycles. The van der Waals surface area contributed by atoms with E-state index in [0.29, 0.717) is 24.6 Å². The molecule has 3 heterocycles. The number of aryl methyl sites for hydroxylation is 3. The van der Waals surface area contributed by atoms with Crippen LogP contribution in [-0.4, -0.2) is 32.7 Å². The molecule has 0 amide bonds. The van der Waals surface area contributed by atoms with Crippen molar-refractivity contribution < 1.29 is 14.4 Å². The van der Waals surface area contributed by atoms with Crippen LogP contribution in [0.4, 0.5) is 5.82 Å². The summed E-state index contributed by atoms with van der Waals surface area (Å²) in [5, 5.41) is 19.2. The highest BCUT2D eigenvalue weighted by Gasteiger charge is 2.20. The first-order chi connectivity index (χ1) is 16.6. The third kappa shape index (κ3) is 5.25. The van der Waals surface area contributed by atoms with Crippen LogP contribution in [0, 0.1) is 0 Å². The number of benzene rings is 2. The van der Waals surface area contributed by atoms with E-state index >= 15 is 0 Å². The molecule has 1 aliphatic rings. The third-order valence-corrected chi connectivity index (χ3v) is 6.38. The number of aromatic nitrogens is 3. The summed E-state index contributed by atoms with van der Waals surface area (Å²) < 4.78 is 5.48. The second-order valence-corrected chi connectivity index (χ2v) is 8.90. The zero-order valence-electron chi connectivity index (χ0n) is 19.0. The van der Waals surface area contributed by atoms with Gasteiger partial charge in [-0.3, -0.25) is 4.79 Å². The molecular weight excluding hydrogens is 428 g/mol. The first-order valence-electron chi connectivity index (χ1n) is 11.9. The summed E-state index contributed by atoms with van der Waals surface area (Å²) in [6.45, 7) is 0.983. The Labute approximate surface area is 198 Å². The number of carboxylic acid groups (broad SMARTS) is 1. The number of rotatable bonds is 9. The summed E-state index contributed by atoms with van der Waals surface area (Å²) in [5.41, 5.74) is 3.32. The number of nitrogens with one attached hydrogen (secondary N) is 1. The maximum atomic E-state index is 11.5. The van der Waals surface area contributed by atoms with E-state index in [2.05, 4.69) is 33.7 Å². The number of nitrogens with zero attached hydrogens (tertiary/aromatic N) is 3. The Bertz CT molecular complexity index is 1300. The van der Waals surface area contributed by atoms with Crippen molar-refractivity contribution in [1.82, 2.24) is 15.1 Å². The highest BCUT2D eigenvalue weighted by Crippen LogP contribution is 2.27. The summed E-state index contributed by atoms with van der Waals surface area (Å²) in [5.74, 6) is 1.07. The van der Waals surface area contributed by atoms with Crippen LogP contribution in [0.15, 0.2) is 59.1 Å². The van der Waals surface area contributed by atoms with Crippen LogP contribution in [0.5, 0.6) is 0 Å². The molecule has 0 spiro atoms. The average Bonchev–Trinajstić information content (AvgIpc) is 3.30. The number of aliphatic carboxylic acids is 1. The standard InChI is InChI=1S/C27H28N4O3/c32-26(33)17-22(21-11-10-18-5-1-2-6-20(18)15-21)16-25-30-24(31-34-25)9-3-8-23-13-12-19-7-4-14-28-27(19)29-23/h1-2,5-6,10-13,15,22H,3-4,7-9,14,16-17H2,(H,28,29)(H,32,33). The van der Waals surface area contributed by atoms with Crippen LogP contribution in [0.1, 0.15) is 53.7 Å². The minimum absolute atomic E-state index is 0.00802. The number of carbonyl (C=O) groups is 1. The van der Waals surface area contributed by atoms with Crippen LogP contribution in [0.2, 0.25) is 0 Å². The molecule has 5 rings (SSSR count). The molecule has 7 nitrogen and oxygen atoms in total. The second-order valence-electron chi connectivity index (χ2n) is 8.90. The quantitative estimate of drug-likeness (QED) is 0.367. The van der Waals surface area contributed by atoms with Gasteiger partial charge in [-0.25, -0.2) is 4.98 Å². The van der Waals surface area contributed by atoms with Crippen molar-refractivity contribution in [3.8, 4) is 0 Å². The van der Waals surface area contributed by atoms with E-state index in [9.17, 15) is 9.90 Å². The van der Waals surface area contributed by atoms with Gasteiger partial charge in [-0.1, -0.05) is 53.7 Å². The largest absolute Gasteiger partial charge is 0.481 e. The molecule has 2 N–H and O–H groups in total. The van der Waals surface area contributed by atoms with Crippen LogP contribution >= 0.6 is 0 Å². The predicted octanol–water partition coefficient (Wildman–Crippen LogP) is 4.95. The molecule has 0 saturated carbocycles. The molecule has 7 heteroatoms. The van der Waals surface area contributed by atoms with Crippen molar-refractivity contribution in [2.45, 2.75) is 50.9 Å². The second kappa shape index (κ2) is 10.0. The number of fused-ring (bicyclic) bond motifs is 2. The Morgan fingerprint density at radius 3 is 2.82 bits per heavy atom. The first-order valence-corrected chi connectivity index (χ1v) is 11.9. The molecule has 34 heavy (non-hydrogen) atoms. The van der Waals surface area contributed by atoms with E-state index in [1.807, 2.05) is 36.4 Å². The molecule has 1 atom stereocenters. The maximum absolute atomic E-state index is 11.5.